The Kier molecular flexibility index (Phi) is 7.83. The number of hydrogen-bond donors (Lipinski definition) is 0. The molecule has 0 saturated carbocycles. The highest BCUT2D eigenvalue weighted by atomic mass is 32.4. The van der Waals surface area contributed by atoms with Crippen LogP contribution in [0.25, 0.3) is 10.4 Å². The molecule has 0 bridgehead atoms. The number of azide groups is 1. The molecule has 0 amide bonds. The van der Waals surface area contributed by atoms with Crippen LogP contribution in [0.5, 0.6) is 5.75 Å². The second-order valence-electron chi connectivity index (χ2n) is 4.63. The second-order valence-corrected chi connectivity index (χ2v) is 8.19. The van der Waals surface area contributed by atoms with Crippen LogP contribution in [-0.4, -0.2) is 23.7 Å². The maximum absolute atomic E-state index is 8.16. The number of nitrogens with zero attached hydrogens (tertiary/aromatic N) is 5. The number of benzene rings is 1. The van der Waals surface area contributed by atoms with Crippen molar-refractivity contribution in [1.29, 1.82) is 0 Å². The first-order valence-electron chi connectivity index (χ1n) is 6.71. The Bertz CT molecular complexity index is 542. The van der Waals surface area contributed by atoms with E-state index in [1.165, 1.54) is 0 Å². The van der Waals surface area contributed by atoms with E-state index in [2.05, 4.69) is 29.1 Å². The van der Waals surface area contributed by atoms with Crippen LogP contribution in [0.4, 0.5) is 0 Å². The van der Waals surface area contributed by atoms with Crippen molar-refractivity contribution in [3.63, 3.8) is 0 Å². The van der Waals surface area contributed by atoms with Crippen molar-refractivity contribution in [2.45, 2.75) is 32.3 Å². The van der Waals surface area contributed by atoms with E-state index in [9.17, 15) is 0 Å². The van der Waals surface area contributed by atoms with Crippen LogP contribution < -0.4 is 4.84 Å². The molecule has 0 aromatic heterocycles. The monoisotopic (exact) mass is 325 g/mol. The van der Waals surface area contributed by atoms with Gasteiger partial charge in [-0.2, -0.15) is 5.10 Å². The largest absolute Gasteiger partial charge is 0.394 e. The predicted molar refractivity (Wildman–Crippen MR) is 91.6 cm³/mol. The van der Waals surface area contributed by atoms with Gasteiger partial charge in [0, 0.05) is 24.5 Å². The first-order chi connectivity index (χ1) is 10.1. The molecule has 0 radical (unpaired) electrons. The van der Waals surface area contributed by atoms with Gasteiger partial charge in [-0.15, -0.1) is 0 Å². The molecule has 6 nitrogen and oxygen atoms in total. The Morgan fingerprint density at radius 1 is 1.48 bits per heavy atom. The zero-order valence-electron chi connectivity index (χ0n) is 12.4. The lowest BCUT2D eigenvalue weighted by atomic mass is 10.2. The van der Waals surface area contributed by atoms with Crippen molar-refractivity contribution in [2.75, 3.05) is 7.05 Å². The Hall–Kier alpha value is -1.55. The molecule has 2 atom stereocenters. The Morgan fingerprint density at radius 3 is 2.71 bits per heavy atom. The van der Waals surface area contributed by atoms with Gasteiger partial charge in [-0.1, -0.05) is 32.1 Å². The number of hydrogen-bond acceptors (Lipinski definition) is 4. The summed E-state index contributed by atoms with van der Waals surface area (Å²) in [6.45, 7) is 3.31. The molecule has 2 unspecified atom stereocenters. The smallest absolute Gasteiger partial charge is 0.136 e. The van der Waals surface area contributed by atoms with Gasteiger partial charge in [-0.05, 0) is 41.8 Å². The molecule has 8 heteroatoms. The highest BCUT2D eigenvalue weighted by Crippen LogP contribution is 2.34. The molecule has 1 aromatic rings. The normalized spacial score (nSPS) is 13.5. The molecule has 1 rings (SSSR count). The highest BCUT2D eigenvalue weighted by Gasteiger charge is 2.09. The van der Waals surface area contributed by atoms with Gasteiger partial charge < -0.3 is 4.84 Å². The standard InChI is InChI=1S/C13H20N5OPS/c1-4-5-11(2)20(21)18(3)15-10-12-6-8-13(9-7-12)19-17-16-14/h6-11,20H,4-5H2,1-3H3/b15-10+. The van der Waals surface area contributed by atoms with Crippen LogP contribution in [0.1, 0.15) is 32.3 Å². The van der Waals surface area contributed by atoms with Gasteiger partial charge in [0.2, 0.25) is 0 Å². The molecular weight excluding hydrogens is 305 g/mol. The van der Waals surface area contributed by atoms with Crippen LogP contribution in [-0.2, 0) is 11.8 Å². The summed E-state index contributed by atoms with van der Waals surface area (Å²) in [5.41, 5.74) is 9.62. The van der Waals surface area contributed by atoms with E-state index in [1.807, 2.05) is 24.0 Å². The molecular formula is C13H20N5OPS. The van der Waals surface area contributed by atoms with Crippen molar-refractivity contribution in [2.24, 2.45) is 10.4 Å². The topological polar surface area (TPSA) is 73.6 Å². The molecule has 0 heterocycles. The van der Waals surface area contributed by atoms with Crippen molar-refractivity contribution < 1.29 is 4.84 Å². The van der Waals surface area contributed by atoms with E-state index in [0.29, 0.717) is 11.4 Å². The average Bonchev–Trinajstić information content (AvgIpc) is 2.51. The molecule has 21 heavy (non-hydrogen) atoms. The average molecular weight is 325 g/mol. The second kappa shape index (κ2) is 9.40. The van der Waals surface area contributed by atoms with Crippen molar-refractivity contribution in [1.82, 2.24) is 4.78 Å². The first kappa shape index (κ1) is 17.5. The summed E-state index contributed by atoms with van der Waals surface area (Å²) in [5, 5.41) is 7.45. The minimum absolute atomic E-state index is 0.489. The van der Waals surface area contributed by atoms with Crippen LogP contribution in [0.3, 0.4) is 0 Å². The minimum atomic E-state index is -1.06. The van der Waals surface area contributed by atoms with Gasteiger partial charge in [-0.25, -0.2) is 0 Å². The third-order valence-electron chi connectivity index (χ3n) is 2.91. The third kappa shape index (κ3) is 6.17. The zero-order chi connectivity index (χ0) is 15.7. The first-order valence-corrected chi connectivity index (χ1v) is 9.37. The van der Waals surface area contributed by atoms with Crippen molar-refractivity contribution in [3.05, 3.63) is 40.3 Å². The molecule has 0 saturated heterocycles. The molecule has 0 N–H and O–H groups in total. The van der Waals surface area contributed by atoms with Crippen molar-refractivity contribution >= 4 is 24.9 Å². The summed E-state index contributed by atoms with van der Waals surface area (Å²) < 4.78 is 1.91. The summed E-state index contributed by atoms with van der Waals surface area (Å²) in [4.78, 5) is 7.30. The van der Waals surface area contributed by atoms with Gasteiger partial charge in [0.05, 0.1) is 6.21 Å². The molecule has 0 aliphatic carbocycles. The molecule has 114 valence electrons. The fourth-order valence-corrected chi connectivity index (χ4v) is 3.61. The van der Waals surface area contributed by atoms with Crippen LogP contribution in [0, 0.1) is 0 Å². The number of hydrazone groups is 1. The molecule has 0 fully saturated rings. The fraction of sp³-hybridized carbons (Fsp3) is 0.462. The summed E-state index contributed by atoms with van der Waals surface area (Å²) in [6.07, 6.45) is 4.06. The van der Waals surface area contributed by atoms with E-state index in [4.69, 9.17) is 22.2 Å². The molecule has 0 aliphatic heterocycles. The third-order valence-corrected chi connectivity index (χ3v) is 6.79. The van der Waals surface area contributed by atoms with Gasteiger partial charge in [-0.3, -0.25) is 4.78 Å². The minimum Gasteiger partial charge on any atom is -0.394 e. The van der Waals surface area contributed by atoms with Crippen molar-refractivity contribution in [3.8, 4) is 5.75 Å². The van der Waals surface area contributed by atoms with E-state index in [1.54, 1.807) is 18.3 Å². The van der Waals surface area contributed by atoms with E-state index < -0.39 is 6.85 Å². The summed E-state index contributed by atoms with van der Waals surface area (Å²) in [7, 11) is 1.93. The summed E-state index contributed by atoms with van der Waals surface area (Å²) in [5.74, 6) is 0.489. The Balaban J connectivity index is 2.63. The SMILES string of the molecule is CCCC(C)[PH](=S)N(C)/N=C/c1ccc(ON=[N+]=[N-])cc1. The maximum atomic E-state index is 8.16. The Labute approximate surface area is 130 Å². The van der Waals surface area contributed by atoms with Gasteiger partial charge in [0.1, 0.15) is 11.0 Å². The van der Waals surface area contributed by atoms with Gasteiger partial charge >= 0.3 is 0 Å². The molecule has 1 aromatic carbocycles. The molecule has 0 spiro atoms. The lowest BCUT2D eigenvalue weighted by molar-refractivity contribution is 0.333. The number of rotatable bonds is 8. The van der Waals surface area contributed by atoms with E-state index >= 15 is 0 Å². The predicted octanol–water partition coefficient (Wildman–Crippen LogP) is 4.34. The fourth-order valence-electron chi connectivity index (χ4n) is 1.77. The van der Waals surface area contributed by atoms with Gasteiger partial charge in [0.15, 0.2) is 0 Å². The Morgan fingerprint density at radius 2 is 2.14 bits per heavy atom. The molecule has 0 aliphatic rings. The zero-order valence-corrected chi connectivity index (χ0v) is 14.2. The summed E-state index contributed by atoms with van der Waals surface area (Å²) >= 11 is 5.58. The highest BCUT2D eigenvalue weighted by molar-refractivity contribution is 8.04. The lowest BCUT2D eigenvalue weighted by Crippen LogP contribution is -2.08. The van der Waals surface area contributed by atoms with E-state index in [-0.39, 0.29) is 0 Å². The van der Waals surface area contributed by atoms with Crippen LogP contribution in [0.15, 0.2) is 34.6 Å². The summed E-state index contributed by atoms with van der Waals surface area (Å²) in [6, 6.07) is 7.11. The van der Waals surface area contributed by atoms with Crippen LogP contribution >= 0.6 is 6.85 Å². The quantitative estimate of drug-likeness (QED) is 0.178. The van der Waals surface area contributed by atoms with Crippen LogP contribution in [0.2, 0.25) is 0 Å². The maximum Gasteiger partial charge on any atom is 0.136 e. The van der Waals surface area contributed by atoms with E-state index in [0.717, 1.165) is 18.4 Å². The van der Waals surface area contributed by atoms with Gasteiger partial charge in [0.25, 0.3) is 0 Å². The lowest BCUT2D eigenvalue weighted by Gasteiger charge is -2.21.